The molecule has 1 aliphatic rings. The van der Waals surface area contributed by atoms with E-state index in [-0.39, 0.29) is 17.7 Å². The number of rotatable bonds is 4. The number of aromatic nitrogens is 2. The van der Waals surface area contributed by atoms with Gasteiger partial charge in [0.2, 0.25) is 0 Å². The first-order valence-corrected chi connectivity index (χ1v) is 8.80. The summed E-state index contributed by atoms with van der Waals surface area (Å²) in [7, 11) is 0. The van der Waals surface area contributed by atoms with Gasteiger partial charge in [0.15, 0.2) is 0 Å². The number of anilines is 1. The summed E-state index contributed by atoms with van der Waals surface area (Å²) in [4.78, 5) is 14.7. The topological polar surface area (TPSA) is 70.2 Å². The van der Waals surface area contributed by atoms with Crippen LogP contribution in [-0.4, -0.2) is 45.9 Å². The first-order chi connectivity index (χ1) is 12.0. The third-order valence-corrected chi connectivity index (χ3v) is 4.64. The highest BCUT2D eigenvalue weighted by atomic mass is 16.5. The van der Waals surface area contributed by atoms with Crippen LogP contribution < -0.4 is 5.32 Å². The quantitative estimate of drug-likeness (QED) is 0.885. The second-order valence-electron chi connectivity index (χ2n) is 7.02. The molecule has 3 rings (SSSR count). The maximum atomic E-state index is 12.8. The van der Waals surface area contributed by atoms with E-state index in [9.17, 15) is 4.79 Å². The first kappa shape index (κ1) is 17.5. The number of hydrogen-bond acceptors (Lipinski definition) is 3. The molecule has 1 aromatic carbocycles. The third kappa shape index (κ3) is 4.20. The molecule has 1 atom stereocenters. The summed E-state index contributed by atoms with van der Waals surface area (Å²) in [6, 6.07) is 9.81. The van der Waals surface area contributed by atoms with Crippen molar-refractivity contribution in [2.45, 2.75) is 45.3 Å². The van der Waals surface area contributed by atoms with Gasteiger partial charge in [-0.1, -0.05) is 12.1 Å². The lowest BCUT2D eigenvalue weighted by Gasteiger charge is -2.40. The lowest BCUT2D eigenvalue weighted by Crippen LogP contribution is -2.49. The molecule has 1 saturated heterocycles. The second kappa shape index (κ2) is 7.27. The number of carbonyl (C=O) groups excluding carboxylic acids is 1. The molecule has 0 saturated carbocycles. The van der Waals surface area contributed by atoms with Crippen molar-refractivity contribution in [3.05, 3.63) is 36.5 Å². The number of H-pyrrole nitrogens is 1. The van der Waals surface area contributed by atoms with Crippen LogP contribution in [0.4, 0.5) is 10.5 Å². The van der Waals surface area contributed by atoms with E-state index in [1.807, 2.05) is 42.2 Å². The van der Waals surface area contributed by atoms with Crippen molar-refractivity contribution in [3.8, 4) is 11.3 Å². The van der Waals surface area contributed by atoms with Crippen molar-refractivity contribution in [2.75, 3.05) is 18.5 Å². The largest absolute Gasteiger partial charge is 0.375 e. The van der Waals surface area contributed by atoms with Crippen molar-refractivity contribution < 1.29 is 9.53 Å². The average Bonchev–Trinajstić information content (AvgIpc) is 3.09. The van der Waals surface area contributed by atoms with Crippen molar-refractivity contribution in [3.63, 3.8) is 0 Å². The van der Waals surface area contributed by atoms with E-state index < -0.39 is 0 Å². The van der Waals surface area contributed by atoms with Gasteiger partial charge in [0, 0.05) is 36.6 Å². The molecule has 0 aliphatic carbocycles. The van der Waals surface area contributed by atoms with Gasteiger partial charge < -0.3 is 15.0 Å². The predicted molar refractivity (Wildman–Crippen MR) is 98.5 cm³/mol. The molecule has 6 heteroatoms. The van der Waals surface area contributed by atoms with Crippen LogP contribution in [0.2, 0.25) is 0 Å². The molecule has 1 aromatic heterocycles. The van der Waals surface area contributed by atoms with Crippen LogP contribution in [0.25, 0.3) is 11.3 Å². The lowest BCUT2D eigenvalue weighted by atomic mass is 9.93. The summed E-state index contributed by atoms with van der Waals surface area (Å²) in [5.74, 6) is 0. The molecule has 0 spiro atoms. The summed E-state index contributed by atoms with van der Waals surface area (Å²) in [5.41, 5.74) is 2.51. The Labute approximate surface area is 148 Å². The van der Waals surface area contributed by atoms with Gasteiger partial charge in [-0.2, -0.15) is 5.10 Å². The van der Waals surface area contributed by atoms with E-state index in [4.69, 9.17) is 4.74 Å². The van der Waals surface area contributed by atoms with Crippen molar-refractivity contribution in [1.29, 1.82) is 0 Å². The fraction of sp³-hybridized carbons (Fsp3) is 0.474. The highest BCUT2D eigenvalue weighted by molar-refractivity contribution is 5.90. The summed E-state index contributed by atoms with van der Waals surface area (Å²) in [6.07, 6.45) is 3.44. The molecule has 2 N–H and O–H groups in total. The monoisotopic (exact) mass is 342 g/mol. The van der Waals surface area contributed by atoms with Gasteiger partial charge in [0.25, 0.3) is 0 Å². The number of ether oxygens (including phenoxy) is 1. The number of aromatic amines is 1. The number of hydrogen-bond donors (Lipinski definition) is 2. The lowest BCUT2D eigenvalue weighted by molar-refractivity contribution is -0.0758. The van der Waals surface area contributed by atoms with Crippen molar-refractivity contribution in [2.24, 2.45) is 0 Å². The Morgan fingerprint density at radius 2 is 2.28 bits per heavy atom. The third-order valence-electron chi connectivity index (χ3n) is 4.64. The van der Waals surface area contributed by atoms with Gasteiger partial charge >= 0.3 is 6.03 Å². The molecule has 0 radical (unpaired) electrons. The van der Waals surface area contributed by atoms with E-state index in [0.29, 0.717) is 13.2 Å². The van der Waals surface area contributed by atoms with E-state index in [1.165, 1.54) is 0 Å². The molecule has 0 bridgehead atoms. The molecular weight excluding hydrogens is 316 g/mol. The van der Waals surface area contributed by atoms with Crippen molar-refractivity contribution in [1.82, 2.24) is 15.1 Å². The van der Waals surface area contributed by atoms with Gasteiger partial charge in [-0.15, -0.1) is 0 Å². The Morgan fingerprint density at radius 1 is 1.44 bits per heavy atom. The Kier molecular flexibility index (Phi) is 5.08. The van der Waals surface area contributed by atoms with Crippen LogP contribution in [0.5, 0.6) is 0 Å². The standard InChI is InChI=1S/C19H26N4O2/c1-4-23(16-9-11-25-19(2,3)13-16)18(24)21-15-7-5-6-14(12-15)17-8-10-20-22-17/h5-8,10,12,16H,4,9,11,13H2,1-3H3,(H,20,22)(H,21,24). The number of benzene rings is 1. The highest BCUT2D eigenvalue weighted by Gasteiger charge is 2.33. The summed E-state index contributed by atoms with van der Waals surface area (Å²) < 4.78 is 5.78. The van der Waals surface area contributed by atoms with Crippen LogP contribution >= 0.6 is 0 Å². The fourth-order valence-corrected chi connectivity index (χ4v) is 3.41. The zero-order valence-corrected chi connectivity index (χ0v) is 15.1. The van der Waals surface area contributed by atoms with Crippen LogP contribution in [-0.2, 0) is 4.74 Å². The summed E-state index contributed by atoms with van der Waals surface area (Å²) in [5, 5.41) is 9.95. The normalized spacial score (nSPS) is 19.4. The minimum absolute atomic E-state index is 0.0630. The van der Waals surface area contributed by atoms with Gasteiger partial charge in [-0.3, -0.25) is 5.10 Å². The molecule has 2 heterocycles. The second-order valence-corrected chi connectivity index (χ2v) is 7.02. The smallest absolute Gasteiger partial charge is 0.322 e. The molecule has 2 aromatic rings. The number of nitrogens with one attached hydrogen (secondary N) is 2. The van der Waals surface area contributed by atoms with Crippen LogP contribution in [0.15, 0.2) is 36.5 Å². The molecular formula is C19H26N4O2. The summed E-state index contributed by atoms with van der Waals surface area (Å²) >= 11 is 0. The minimum atomic E-state index is -0.183. The van der Waals surface area contributed by atoms with Gasteiger partial charge in [-0.05, 0) is 51.8 Å². The average molecular weight is 342 g/mol. The van der Waals surface area contributed by atoms with E-state index in [0.717, 1.165) is 29.8 Å². The Morgan fingerprint density at radius 3 is 2.96 bits per heavy atom. The predicted octanol–water partition coefficient (Wildman–Crippen LogP) is 3.89. The van der Waals surface area contributed by atoms with Crippen molar-refractivity contribution >= 4 is 11.7 Å². The Bertz CT molecular complexity index is 712. The number of nitrogens with zero attached hydrogens (tertiary/aromatic N) is 2. The molecule has 1 fully saturated rings. The molecule has 2 amide bonds. The molecule has 1 unspecified atom stereocenters. The number of amides is 2. The van der Waals surface area contributed by atoms with Crippen LogP contribution in [0.3, 0.4) is 0 Å². The zero-order valence-electron chi connectivity index (χ0n) is 15.1. The fourth-order valence-electron chi connectivity index (χ4n) is 3.41. The van der Waals surface area contributed by atoms with Gasteiger partial charge in [0.05, 0.1) is 11.3 Å². The Hall–Kier alpha value is -2.34. The highest BCUT2D eigenvalue weighted by Crippen LogP contribution is 2.28. The molecule has 1 aliphatic heterocycles. The SMILES string of the molecule is CCN(C(=O)Nc1cccc(-c2ccn[nH]2)c1)C1CCOC(C)(C)C1. The molecule has 6 nitrogen and oxygen atoms in total. The number of urea groups is 1. The van der Waals surface area contributed by atoms with Gasteiger partial charge in [0.1, 0.15) is 0 Å². The van der Waals surface area contributed by atoms with E-state index in [2.05, 4.69) is 29.4 Å². The molecule has 25 heavy (non-hydrogen) atoms. The van der Waals surface area contributed by atoms with Gasteiger partial charge in [-0.25, -0.2) is 4.79 Å². The van der Waals surface area contributed by atoms with Crippen LogP contribution in [0.1, 0.15) is 33.6 Å². The van der Waals surface area contributed by atoms with Crippen LogP contribution in [0, 0.1) is 0 Å². The van der Waals surface area contributed by atoms with E-state index >= 15 is 0 Å². The minimum Gasteiger partial charge on any atom is -0.375 e. The maximum absolute atomic E-state index is 12.8. The maximum Gasteiger partial charge on any atom is 0.322 e. The Balaban J connectivity index is 1.71. The zero-order chi connectivity index (χ0) is 17.9. The van der Waals surface area contributed by atoms with E-state index in [1.54, 1.807) is 6.20 Å². The molecule has 134 valence electrons. The first-order valence-electron chi connectivity index (χ1n) is 8.80. The summed E-state index contributed by atoms with van der Waals surface area (Å²) in [6.45, 7) is 7.55. The number of carbonyl (C=O) groups is 1.